The first-order chi connectivity index (χ1) is 10.0. The fourth-order valence-electron chi connectivity index (χ4n) is 2.20. The predicted molar refractivity (Wildman–Crippen MR) is 90.3 cm³/mol. The second kappa shape index (κ2) is 7.38. The van der Waals surface area contributed by atoms with Crippen LogP contribution in [-0.4, -0.2) is 14.2 Å². The molecule has 0 fully saturated rings. The Morgan fingerprint density at radius 2 is 1.95 bits per heavy atom. The highest BCUT2D eigenvalue weighted by Crippen LogP contribution is 2.29. The van der Waals surface area contributed by atoms with Gasteiger partial charge in [0.2, 0.25) is 0 Å². The largest absolute Gasteiger partial charge is 0.497 e. The number of rotatable bonds is 5. The summed E-state index contributed by atoms with van der Waals surface area (Å²) in [7, 11) is 3.47. The lowest BCUT2D eigenvalue weighted by molar-refractivity contribution is 0.413. The van der Waals surface area contributed by atoms with E-state index in [4.69, 9.17) is 4.74 Å². The van der Waals surface area contributed by atoms with Gasteiger partial charge in [0.25, 0.3) is 0 Å². The molecule has 0 saturated carbocycles. The topological polar surface area (TPSA) is 21.3 Å². The van der Waals surface area contributed by atoms with Crippen LogP contribution in [0.4, 0.5) is 4.39 Å². The van der Waals surface area contributed by atoms with Gasteiger partial charge in [-0.2, -0.15) is 0 Å². The average molecular weight is 417 g/mol. The maximum atomic E-state index is 14.1. The summed E-state index contributed by atoms with van der Waals surface area (Å²) in [5, 5.41) is 3.18. The lowest BCUT2D eigenvalue weighted by Crippen LogP contribution is -2.20. The van der Waals surface area contributed by atoms with Crippen LogP contribution in [0.2, 0.25) is 0 Å². The molecule has 1 N–H and O–H groups in total. The molecule has 1 unspecified atom stereocenters. The highest BCUT2D eigenvalue weighted by molar-refractivity contribution is 9.10. The van der Waals surface area contributed by atoms with E-state index in [2.05, 4.69) is 37.2 Å². The Bertz CT molecular complexity index is 634. The van der Waals surface area contributed by atoms with Crippen LogP contribution < -0.4 is 10.1 Å². The summed E-state index contributed by atoms with van der Waals surface area (Å²) in [6.07, 6.45) is 0.654. The Hall–Kier alpha value is -0.910. The Morgan fingerprint density at radius 3 is 2.62 bits per heavy atom. The lowest BCUT2D eigenvalue weighted by atomic mass is 9.98. The van der Waals surface area contributed by atoms with Crippen molar-refractivity contribution in [3.8, 4) is 5.75 Å². The van der Waals surface area contributed by atoms with Crippen LogP contribution in [0, 0.1) is 5.82 Å². The second-order valence-electron chi connectivity index (χ2n) is 4.67. The summed E-state index contributed by atoms with van der Waals surface area (Å²) in [4.78, 5) is 0. The number of likely N-dealkylation sites (N-methyl/N-ethyl adjacent to an activating group) is 1. The molecule has 0 amide bonds. The summed E-state index contributed by atoms with van der Waals surface area (Å²) in [6, 6.07) is 10.7. The van der Waals surface area contributed by atoms with Crippen molar-refractivity contribution in [3.63, 3.8) is 0 Å². The van der Waals surface area contributed by atoms with E-state index in [0.29, 0.717) is 12.0 Å². The third kappa shape index (κ3) is 4.05. The van der Waals surface area contributed by atoms with Gasteiger partial charge in [0.05, 0.1) is 7.11 Å². The first kappa shape index (κ1) is 16.5. The van der Waals surface area contributed by atoms with E-state index in [1.54, 1.807) is 13.2 Å². The molecule has 2 rings (SSSR count). The molecule has 0 saturated heterocycles. The molecule has 2 nitrogen and oxygen atoms in total. The van der Waals surface area contributed by atoms with E-state index in [-0.39, 0.29) is 11.9 Å². The Balaban J connectivity index is 2.33. The van der Waals surface area contributed by atoms with Gasteiger partial charge >= 0.3 is 0 Å². The molecule has 5 heteroatoms. The summed E-state index contributed by atoms with van der Waals surface area (Å²) in [6.45, 7) is 0. The number of ether oxygens (including phenoxy) is 1. The van der Waals surface area contributed by atoms with Crippen molar-refractivity contribution in [3.05, 3.63) is 62.3 Å². The highest BCUT2D eigenvalue weighted by Gasteiger charge is 2.17. The molecule has 2 aromatic carbocycles. The number of methoxy groups -OCH3 is 1. The molecule has 0 aliphatic heterocycles. The molecule has 21 heavy (non-hydrogen) atoms. The maximum Gasteiger partial charge on any atom is 0.128 e. The van der Waals surface area contributed by atoms with E-state index in [0.717, 1.165) is 20.3 Å². The smallest absolute Gasteiger partial charge is 0.128 e. The van der Waals surface area contributed by atoms with Gasteiger partial charge in [0.1, 0.15) is 11.6 Å². The van der Waals surface area contributed by atoms with Crippen molar-refractivity contribution in [2.24, 2.45) is 0 Å². The third-order valence-electron chi connectivity index (χ3n) is 3.36. The van der Waals surface area contributed by atoms with Crippen LogP contribution in [-0.2, 0) is 6.42 Å². The lowest BCUT2D eigenvalue weighted by Gasteiger charge is -2.19. The van der Waals surface area contributed by atoms with Crippen LogP contribution in [0.3, 0.4) is 0 Å². The van der Waals surface area contributed by atoms with Crippen LogP contribution in [0.15, 0.2) is 45.3 Å². The minimum Gasteiger partial charge on any atom is -0.497 e. The maximum absolute atomic E-state index is 14.1. The van der Waals surface area contributed by atoms with Gasteiger partial charge in [-0.05, 0) is 55.4 Å². The van der Waals surface area contributed by atoms with Gasteiger partial charge in [0.15, 0.2) is 0 Å². The van der Waals surface area contributed by atoms with Crippen molar-refractivity contribution in [1.82, 2.24) is 5.32 Å². The Morgan fingerprint density at radius 1 is 1.19 bits per heavy atom. The summed E-state index contributed by atoms with van der Waals surface area (Å²) < 4.78 is 21.2. The van der Waals surface area contributed by atoms with E-state index in [1.807, 2.05) is 31.3 Å². The first-order valence-corrected chi connectivity index (χ1v) is 8.08. The van der Waals surface area contributed by atoms with Crippen molar-refractivity contribution < 1.29 is 9.13 Å². The molecular weight excluding hydrogens is 401 g/mol. The van der Waals surface area contributed by atoms with Crippen LogP contribution in [0.1, 0.15) is 17.2 Å². The molecule has 112 valence electrons. The highest BCUT2D eigenvalue weighted by atomic mass is 79.9. The molecule has 1 atom stereocenters. The first-order valence-electron chi connectivity index (χ1n) is 6.49. The Labute approximate surface area is 141 Å². The zero-order valence-electron chi connectivity index (χ0n) is 11.8. The monoisotopic (exact) mass is 415 g/mol. The number of benzene rings is 2. The number of halogens is 3. The fraction of sp³-hybridized carbons (Fsp3) is 0.250. The molecule has 0 aliphatic rings. The Kier molecular flexibility index (Phi) is 5.79. The van der Waals surface area contributed by atoms with Crippen LogP contribution >= 0.6 is 31.9 Å². The van der Waals surface area contributed by atoms with Crippen molar-refractivity contribution in [1.29, 1.82) is 0 Å². The normalized spacial score (nSPS) is 12.2. The zero-order valence-corrected chi connectivity index (χ0v) is 15.0. The van der Waals surface area contributed by atoms with Gasteiger partial charge in [0, 0.05) is 20.6 Å². The van der Waals surface area contributed by atoms with Gasteiger partial charge in [-0.15, -0.1) is 0 Å². The quantitative estimate of drug-likeness (QED) is 0.751. The van der Waals surface area contributed by atoms with Crippen LogP contribution in [0.25, 0.3) is 0 Å². The minimum atomic E-state index is -0.212. The van der Waals surface area contributed by atoms with E-state index < -0.39 is 0 Å². The van der Waals surface area contributed by atoms with Gasteiger partial charge < -0.3 is 10.1 Å². The molecule has 0 bridgehead atoms. The van der Waals surface area contributed by atoms with Gasteiger partial charge in [-0.1, -0.05) is 31.9 Å². The zero-order chi connectivity index (χ0) is 15.4. The second-order valence-corrected chi connectivity index (χ2v) is 6.44. The SMILES string of the molecule is CNC(Cc1cc(OC)ccc1Br)c1cc(Br)ccc1F. The summed E-state index contributed by atoms with van der Waals surface area (Å²) >= 11 is 6.93. The molecule has 0 spiro atoms. The van der Waals surface area contributed by atoms with Crippen LogP contribution in [0.5, 0.6) is 5.75 Å². The van der Waals surface area contributed by atoms with Gasteiger partial charge in [-0.25, -0.2) is 4.39 Å². The van der Waals surface area contributed by atoms with Crippen molar-refractivity contribution in [2.45, 2.75) is 12.5 Å². The predicted octanol–water partition coefficient (Wildman–Crippen LogP) is 4.86. The van der Waals surface area contributed by atoms with Crippen molar-refractivity contribution in [2.75, 3.05) is 14.2 Å². The molecule has 0 aromatic heterocycles. The number of nitrogens with one attached hydrogen (secondary N) is 1. The van der Waals surface area contributed by atoms with Crippen molar-refractivity contribution >= 4 is 31.9 Å². The van der Waals surface area contributed by atoms with E-state index in [1.165, 1.54) is 6.07 Å². The molecule has 2 aromatic rings. The fourth-order valence-corrected chi connectivity index (χ4v) is 2.99. The number of hydrogen-bond acceptors (Lipinski definition) is 2. The molecular formula is C16H16Br2FNO. The molecule has 0 radical (unpaired) electrons. The molecule has 0 aliphatic carbocycles. The van der Waals surface area contributed by atoms with Gasteiger partial charge in [-0.3, -0.25) is 0 Å². The number of hydrogen-bond donors (Lipinski definition) is 1. The average Bonchev–Trinajstić information content (AvgIpc) is 2.49. The van der Waals surface area contributed by atoms with E-state index in [9.17, 15) is 4.39 Å². The third-order valence-corrected chi connectivity index (χ3v) is 4.63. The molecule has 0 heterocycles. The summed E-state index contributed by atoms with van der Waals surface area (Å²) in [5.41, 5.74) is 1.70. The summed E-state index contributed by atoms with van der Waals surface area (Å²) in [5.74, 6) is 0.578. The van der Waals surface area contributed by atoms with E-state index >= 15 is 0 Å². The minimum absolute atomic E-state index is 0.120. The standard InChI is InChI=1S/C16H16Br2FNO/c1-20-16(13-9-11(17)3-6-15(13)19)8-10-7-12(21-2)4-5-14(10)18/h3-7,9,16,20H,8H2,1-2H3.